The second-order valence-electron chi connectivity index (χ2n) is 2.64. The molecule has 11 heavy (non-hydrogen) atoms. The fraction of sp³-hybridized carbons (Fsp3) is 0.833. The number of hydrogen-bond donors (Lipinski definition) is 3. The molecule has 1 unspecified atom stereocenters. The highest BCUT2D eigenvalue weighted by molar-refractivity contribution is 5.69. The van der Waals surface area contributed by atoms with E-state index in [2.05, 4.69) is 5.32 Å². The quantitative estimate of drug-likeness (QED) is 0.446. The van der Waals surface area contributed by atoms with Crippen LogP contribution in [-0.4, -0.2) is 48.3 Å². The lowest BCUT2D eigenvalue weighted by Crippen LogP contribution is -2.56. The van der Waals surface area contributed by atoms with Gasteiger partial charge in [-0.2, -0.15) is 0 Å². The maximum absolute atomic E-state index is 10.3. The number of rotatable bonds is 2. The zero-order valence-corrected chi connectivity index (χ0v) is 6.29. The molecule has 5 nitrogen and oxygen atoms in total. The molecule has 1 fully saturated rings. The van der Waals surface area contributed by atoms with Crippen molar-refractivity contribution in [2.45, 2.75) is 6.17 Å². The van der Waals surface area contributed by atoms with Crippen molar-refractivity contribution in [2.24, 2.45) is 5.73 Å². The molecule has 0 bridgehead atoms. The predicted octanol–water partition coefficient (Wildman–Crippen LogP) is -1.74. The van der Waals surface area contributed by atoms with E-state index < -0.39 is 5.97 Å². The van der Waals surface area contributed by atoms with Crippen LogP contribution in [0, 0.1) is 0 Å². The van der Waals surface area contributed by atoms with Crippen LogP contribution >= 0.6 is 0 Å². The van der Waals surface area contributed by atoms with E-state index in [-0.39, 0.29) is 12.7 Å². The highest BCUT2D eigenvalue weighted by Gasteiger charge is 2.19. The fourth-order valence-corrected chi connectivity index (χ4v) is 1.14. The number of nitrogens with one attached hydrogen (secondary N) is 1. The van der Waals surface area contributed by atoms with E-state index in [0.717, 1.165) is 6.54 Å². The first-order valence-corrected chi connectivity index (χ1v) is 3.62. The summed E-state index contributed by atoms with van der Waals surface area (Å²) in [5.41, 5.74) is 5.63. The summed E-state index contributed by atoms with van der Waals surface area (Å²) in [6.07, 6.45) is -0.153. The Kier molecular flexibility index (Phi) is 2.81. The Balaban J connectivity index is 2.35. The minimum Gasteiger partial charge on any atom is -0.480 e. The second-order valence-corrected chi connectivity index (χ2v) is 2.64. The molecule has 1 atom stereocenters. The molecule has 0 aromatic heterocycles. The summed E-state index contributed by atoms with van der Waals surface area (Å²) < 4.78 is 0. The van der Waals surface area contributed by atoms with E-state index in [1.165, 1.54) is 0 Å². The van der Waals surface area contributed by atoms with Crippen molar-refractivity contribution < 1.29 is 9.90 Å². The molecular weight excluding hydrogens is 146 g/mol. The summed E-state index contributed by atoms with van der Waals surface area (Å²) in [4.78, 5) is 12.0. The first-order chi connectivity index (χ1) is 5.20. The molecule has 64 valence electrons. The van der Waals surface area contributed by atoms with Gasteiger partial charge in [-0.15, -0.1) is 0 Å². The van der Waals surface area contributed by atoms with Crippen LogP contribution in [0.3, 0.4) is 0 Å². The predicted molar refractivity (Wildman–Crippen MR) is 40.1 cm³/mol. The van der Waals surface area contributed by atoms with Crippen LogP contribution in [0.15, 0.2) is 0 Å². The Morgan fingerprint density at radius 3 is 3.09 bits per heavy atom. The van der Waals surface area contributed by atoms with E-state index in [1.807, 2.05) is 0 Å². The van der Waals surface area contributed by atoms with Gasteiger partial charge in [-0.05, 0) is 0 Å². The molecule has 5 heteroatoms. The Labute approximate surface area is 65.2 Å². The average Bonchev–Trinajstić information content (AvgIpc) is 1.93. The molecular formula is C6H13N3O2. The first-order valence-electron chi connectivity index (χ1n) is 3.62. The number of hydrogen-bond acceptors (Lipinski definition) is 4. The average molecular weight is 159 g/mol. The van der Waals surface area contributed by atoms with Gasteiger partial charge in [-0.3, -0.25) is 9.69 Å². The minimum atomic E-state index is -0.817. The molecule has 1 rings (SSSR count). The van der Waals surface area contributed by atoms with Crippen LogP contribution in [-0.2, 0) is 4.79 Å². The minimum absolute atomic E-state index is 0.0445. The van der Waals surface area contributed by atoms with Crippen molar-refractivity contribution in [3.05, 3.63) is 0 Å². The summed E-state index contributed by atoms with van der Waals surface area (Å²) >= 11 is 0. The SMILES string of the molecule is NC1CNCCN1CC(=O)O. The first kappa shape index (κ1) is 8.45. The zero-order chi connectivity index (χ0) is 8.27. The molecule has 1 aliphatic heterocycles. The van der Waals surface area contributed by atoms with Crippen molar-refractivity contribution >= 4 is 5.97 Å². The third-order valence-corrected chi connectivity index (χ3v) is 1.74. The maximum atomic E-state index is 10.3. The normalized spacial score (nSPS) is 26.8. The topological polar surface area (TPSA) is 78.6 Å². The van der Waals surface area contributed by atoms with Crippen LogP contribution in [0.2, 0.25) is 0 Å². The molecule has 1 saturated heterocycles. The highest BCUT2D eigenvalue weighted by atomic mass is 16.4. The van der Waals surface area contributed by atoms with Gasteiger partial charge in [0, 0.05) is 19.6 Å². The summed E-state index contributed by atoms with van der Waals surface area (Å²) in [6.45, 7) is 2.25. The van der Waals surface area contributed by atoms with Crippen molar-refractivity contribution in [3.63, 3.8) is 0 Å². The van der Waals surface area contributed by atoms with E-state index >= 15 is 0 Å². The lowest BCUT2D eigenvalue weighted by Gasteiger charge is -2.31. The van der Waals surface area contributed by atoms with E-state index in [4.69, 9.17) is 10.8 Å². The molecule has 0 radical (unpaired) electrons. The number of nitrogens with two attached hydrogens (primary N) is 1. The molecule has 0 saturated carbocycles. The molecule has 0 aromatic rings. The Morgan fingerprint density at radius 2 is 2.55 bits per heavy atom. The van der Waals surface area contributed by atoms with Gasteiger partial charge in [0.1, 0.15) is 0 Å². The third-order valence-electron chi connectivity index (χ3n) is 1.74. The van der Waals surface area contributed by atoms with Gasteiger partial charge in [-0.25, -0.2) is 0 Å². The number of aliphatic carboxylic acids is 1. The summed E-state index contributed by atoms with van der Waals surface area (Å²) in [6, 6.07) is 0. The summed E-state index contributed by atoms with van der Waals surface area (Å²) in [5, 5.41) is 11.5. The zero-order valence-electron chi connectivity index (χ0n) is 6.29. The van der Waals surface area contributed by atoms with Gasteiger partial charge in [-0.1, -0.05) is 0 Å². The number of piperazine rings is 1. The third kappa shape index (κ3) is 2.45. The highest BCUT2D eigenvalue weighted by Crippen LogP contribution is 1.95. The van der Waals surface area contributed by atoms with Gasteiger partial charge >= 0.3 is 5.97 Å². The van der Waals surface area contributed by atoms with Crippen LogP contribution < -0.4 is 11.1 Å². The Morgan fingerprint density at radius 1 is 1.82 bits per heavy atom. The molecule has 0 aromatic carbocycles. The van der Waals surface area contributed by atoms with E-state index in [9.17, 15) is 4.79 Å². The molecule has 1 heterocycles. The van der Waals surface area contributed by atoms with Crippen molar-refractivity contribution in [2.75, 3.05) is 26.2 Å². The largest absolute Gasteiger partial charge is 0.480 e. The van der Waals surface area contributed by atoms with Crippen molar-refractivity contribution in [3.8, 4) is 0 Å². The standard InChI is InChI=1S/C6H13N3O2/c7-5-3-8-1-2-9(5)4-6(10)11/h5,8H,1-4,7H2,(H,10,11). The molecule has 0 spiro atoms. The number of carboxylic acid groups (broad SMARTS) is 1. The fourth-order valence-electron chi connectivity index (χ4n) is 1.14. The van der Waals surface area contributed by atoms with Crippen molar-refractivity contribution in [1.29, 1.82) is 0 Å². The Hall–Kier alpha value is -0.650. The van der Waals surface area contributed by atoms with E-state index in [1.54, 1.807) is 4.90 Å². The van der Waals surface area contributed by atoms with Crippen molar-refractivity contribution in [1.82, 2.24) is 10.2 Å². The smallest absolute Gasteiger partial charge is 0.317 e. The van der Waals surface area contributed by atoms with Crippen LogP contribution in [0.4, 0.5) is 0 Å². The summed E-state index contributed by atoms with van der Waals surface area (Å²) in [5.74, 6) is -0.817. The molecule has 4 N–H and O–H groups in total. The van der Waals surface area contributed by atoms with Crippen LogP contribution in [0.25, 0.3) is 0 Å². The van der Waals surface area contributed by atoms with Gasteiger partial charge < -0.3 is 16.2 Å². The number of carboxylic acids is 1. The van der Waals surface area contributed by atoms with Gasteiger partial charge in [0.2, 0.25) is 0 Å². The number of carbonyl (C=O) groups is 1. The molecule has 1 aliphatic rings. The monoisotopic (exact) mass is 159 g/mol. The van der Waals surface area contributed by atoms with E-state index in [0.29, 0.717) is 13.1 Å². The summed E-state index contributed by atoms with van der Waals surface area (Å²) in [7, 11) is 0. The Bertz CT molecular complexity index is 151. The van der Waals surface area contributed by atoms with Gasteiger partial charge in [0.05, 0.1) is 12.7 Å². The van der Waals surface area contributed by atoms with Gasteiger partial charge in [0.25, 0.3) is 0 Å². The maximum Gasteiger partial charge on any atom is 0.317 e. The van der Waals surface area contributed by atoms with Crippen LogP contribution in [0.1, 0.15) is 0 Å². The second kappa shape index (κ2) is 3.66. The lowest BCUT2D eigenvalue weighted by atomic mass is 10.3. The van der Waals surface area contributed by atoms with Gasteiger partial charge in [0.15, 0.2) is 0 Å². The number of nitrogens with zero attached hydrogens (tertiary/aromatic N) is 1. The lowest BCUT2D eigenvalue weighted by molar-refractivity contribution is -0.139. The van der Waals surface area contributed by atoms with Crippen LogP contribution in [0.5, 0.6) is 0 Å². The molecule has 0 aliphatic carbocycles. The molecule has 0 amide bonds.